The Morgan fingerprint density at radius 1 is 0.879 bits per heavy atom. The van der Waals surface area contributed by atoms with Gasteiger partial charge in [-0.15, -0.1) is 5.10 Å². The van der Waals surface area contributed by atoms with Crippen LogP contribution in [-0.2, 0) is 11.3 Å². The molecular formula is C25H15BrN4O2S. The van der Waals surface area contributed by atoms with Crippen molar-refractivity contribution in [1.82, 2.24) is 14.6 Å². The number of hydrogen-bond acceptors (Lipinski definition) is 5. The van der Waals surface area contributed by atoms with Crippen molar-refractivity contribution < 1.29 is 4.79 Å². The average molecular weight is 515 g/mol. The first-order valence-electron chi connectivity index (χ1n) is 10.2. The van der Waals surface area contributed by atoms with Crippen molar-refractivity contribution in [2.75, 3.05) is 4.90 Å². The molecule has 0 bridgehead atoms. The van der Waals surface area contributed by atoms with E-state index < -0.39 is 0 Å². The maximum atomic E-state index is 13.5. The van der Waals surface area contributed by atoms with Crippen molar-refractivity contribution >= 4 is 49.4 Å². The minimum Gasteiger partial charge on any atom is -0.303 e. The van der Waals surface area contributed by atoms with Gasteiger partial charge < -0.3 is 4.90 Å². The predicted molar refractivity (Wildman–Crippen MR) is 132 cm³/mol. The van der Waals surface area contributed by atoms with E-state index in [-0.39, 0.29) is 11.5 Å². The van der Waals surface area contributed by atoms with Gasteiger partial charge in [0.15, 0.2) is 5.82 Å². The van der Waals surface area contributed by atoms with Crippen molar-refractivity contribution in [2.24, 2.45) is 0 Å². The van der Waals surface area contributed by atoms with Gasteiger partial charge in [0.05, 0.1) is 17.8 Å². The van der Waals surface area contributed by atoms with Crippen LogP contribution < -0.4 is 15.0 Å². The summed E-state index contributed by atoms with van der Waals surface area (Å²) in [5.74, 6) is 0.293. The van der Waals surface area contributed by atoms with Crippen molar-refractivity contribution in [3.8, 4) is 11.4 Å². The van der Waals surface area contributed by atoms with Crippen molar-refractivity contribution in [3.63, 3.8) is 0 Å². The van der Waals surface area contributed by atoms with Crippen LogP contribution in [0.4, 0.5) is 5.69 Å². The Bertz CT molecular complexity index is 1640. The Morgan fingerprint density at radius 3 is 2.36 bits per heavy atom. The van der Waals surface area contributed by atoms with Gasteiger partial charge in [0.25, 0.3) is 11.5 Å². The SMILES string of the molecule is O=C1/C(=c2\sc3nc(-c4ccc(Br)cc4)nn3c2=O)c2ccccc2N1Cc1ccccc1. The standard InChI is InChI=1S/C25H15BrN4O2S/c26-17-12-10-16(11-13-17)22-27-25-30(28-22)24(32)21(33-25)20-18-8-4-5-9-19(18)29(23(20)31)14-15-6-2-1-3-7-15/h1-13H,14H2/b21-20-. The Hall–Kier alpha value is -3.62. The summed E-state index contributed by atoms with van der Waals surface area (Å²) in [5.41, 5.74) is 3.48. The molecule has 0 saturated heterocycles. The monoisotopic (exact) mass is 514 g/mol. The lowest BCUT2D eigenvalue weighted by Crippen LogP contribution is -2.32. The predicted octanol–water partition coefficient (Wildman–Crippen LogP) is 4.05. The number of rotatable bonds is 3. The molecule has 0 atom stereocenters. The minimum atomic E-state index is -0.328. The molecular weight excluding hydrogens is 500 g/mol. The molecule has 0 fully saturated rings. The molecule has 5 aromatic rings. The third-order valence-corrected chi connectivity index (χ3v) is 7.15. The van der Waals surface area contributed by atoms with Crippen LogP contribution in [0.2, 0.25) is 0 Å². The van der Waals surface area contributed by atoms with E-state index in [2.05, 4.69) is 26.0 Å². The van der Waals surface area contributed by atoms with Gasteiger partial charge in [0, 0.05) is 15.6 Å². The summed E-state index contributed by atoms with van der Waals surface area (Å²) in [6, 6.07) is 25.0. The number of anilines is 1. The highest BCUT2D eigenvalue weighted by Gasteiger charge is 2.34. The Morgan fingerprint density at radius 2 is 1.61 bits per heavy atom. The molecule has 160 valence electrons. The lowest BCUT2D eigenvalue weighted by Gasteiger charge is -2.17. The van der Waals surface area contributed by atoms with Gasteiger partial charge in [-0.25, -0.2) is 0 Å². The number of thiazole rings is 1. The summed E-state index contributed by atoms with van der Waals surface area (Å²) in [7, 11) is 0. The zero-order valence-corrected chi connectivity index (χ0v) is 19.5. The highest BCUT2D eigenvalue weighted by molar-refractivity contribution is 9.10. The van der Waals surface area contributed by atoms with Crippen LogP contribution in [-0.4, -0.2) is 20.5 Å². The molecule has 6 rings (SSSR count). The molecule has 0 unspecified atom stereocenters. The molecule has 0 radical (unpaired) electrons. The highest BCUT2D eigenvalue weighted by atomic mass is 79.9. The first-order chi connectivity index (χ1) is 16.1. The van der Waals surface area contributed by atoms with Crippen LogP contribution in [0.15, 0.2) is 88.1 Å². The van der Waals surface area contributed by atoms with Gasteiger partial charge >= 0.3 is 0 Å². The first kappa shape index (κ1) is 20.0. The lowest BCUT2D eigenvalue weighted by atomic mass is 10.1. The highest BCUT2D eigenvalue weighted by Crippen LogP contribution is 2.36. The topological polar surface area (TPSA) is 67.6 Å². The van der Waals surface area contributed by atoms with Crippen LogP contribution in [0.5, 0.6) is 0 Å². The summed E-state index contributed by atoms with van der Waals surface area (Å²) in [6.07, 6.45) is 0. The minimum absolute atomic E-state index is 0.185. The number of halogens is 1. The summed E-state index contributed by atoms with van der Waals surface area (Å²) >= 11 is 4.61. The van der Waals surface area contributed by atoms with Gasteiger partial charge in [-0.2, -0.15) is 9.50 Å². The normalized spacial score (nSPS) is 14.8. The van der Waals surface area contributed by atoms with Crippen LogP contribution >= 0.6 is 27.3 Å². The summed E-state index contributed by atoms with van der Waals surface area (Å²) < 4.78 is 2.61. The molecule has 33 heavy (non-hydrogen) atoms. The Kier molecular flexibility index (Phi) is 4.70. The molecule has 3 heterocycles. The number of para-hydroxylation sites is 1. The van der Waals surface area contributed by atoms with E-state index in [0.717, 1.165) is 26.9 Å². The van der Waals surface area contributed by atoms with Crippen LogP contribution in [0.1, 0.15) is 11.1 Å². The van der Waals surface area contributed by atoms with E-state index in [1.54, 1.807) is 4.90 Å². The maximum Gasteiger partial charge on any atom is 0.291 e. The summed E-state index contributed by atoms with van der Waals surface area (Å²) in [6.45, 7) is 0.433. The van der Waals surface area contributed by atoms with Crippen LogP contribution in [0, 0.1) is 0 Å². The molecule has 1 aliphatic heterocycles. The summed E-state index contributed by atoms with van der Waals surface area (Å²) in [4.78, 5) is 33.6. The van der Waals surface area contributed by atoms with E-state index in [1.807, 2.05) is 78.9 Å². The van der Waals surface area contributed by atoms with Crippen LogP contribution in [0.3, 0.4) is 0 Å². The largest absolute Gasteiger partial charge is 0.303 e. The first-order valence-corrected chi connectivity index (χ1v) is 11.9. The molecule has 0 spiro atoms. The number of carbonyl (C=O) groups excluding carboxylic acids is 1. The molecule has 2 aromatic heterocycles. The van der Waals surface area contributed by atoms with E-state index in [9.17, 15) is 9.59 Å². The fraction of sp³-hybridized carbons (Fsp3) is 0.0400. The maximum absolute atomic E-state index is 13.5. The van der Waals surface area contributed by atoms with E-state index in [1.165, 1.54) is 15.9 Å². The van der Waals surface area contributed by atoms with E-state index in [0.29, 0.717) is 27.4 Å². The van der Waals surface area contributed by atoms with E-state index in [4.69, 9.17) is 0 Å². The number of fused-ring (bicyclic) bond motifs is 2. The molecule has 8 heteroatoms. The van der Waals surface area contributed by atoms with Gasteiger partial charge in [-0.1, -0.05) is 87.9 Å². The Labute approximate surface area is 200 Å². The number of aromatic nitrogens is 3. The molecule has 1 aliphatic rings. The number of carbonyl (C=O) groups is 1. The number of amides is 1. The molecule has 1 amide bonds. The van der Waals surface area contributed by atoms with E-state index >= 15 is 0 Å². The van der Waals surface area contributed by atoms with Gasteiger partial charge in [-0.3, -0.25) is 9.59 Å². The molecule has 0 aliphatic carbocycles. The number of benzene rings is 3. The second-order valence-electron chi connectivity index (χ2n) is 7.64. The molecule has 0 saturated carbocycles. The zero-order chi connectivity index (χ0) is 22.5. The Balaban J connectivity index is 1.50. The second kappa shape index (κ2) is 7.75. The fourth-order valence-corrected chi connectivity index (χ4v) is 5.29. The molecule has 3 aromatic carbocycles. The van der Waals surface area contributed by atoms with Crippen LogP contribution in [0.25, 0.3) is 21.9 Å². The fourth-order valence-electron chi connectivity index (χ4n) is 4.03. The van der Waals surface area contributed by atoms with Gasteiger partial charge in [0.1, 0.15) is 4.53 Å². The number of nitrogens with zero attached hydrogens (tertiary/aromatic N) is 4. The lowest BCUT2D eigenvalue weighted by molar-refractivity contribution is -0.113. The number of hydrogen-bond donors (Lipinski definition) is 0. The van der Waals surface area contributed by atoms with Gasteiger partial charge in [0.2, 0.25) is 4.96 Å². The average Bonchev–Trinajstić information content (AvgIpc) is 3.47. The third-order valence-electron chi connectivity index (χ3n) is 5.59. The van der Waals surface area contributed by atoms with Crippen molar-refractivity contribution in [1.29, 1.82) is 0 Å². The molecule has 0 N–H and O–H groups in total. The zero-order valence-electron chi connectivity index (χ0n) is 17.1. The second-order valence-corrected chi connectivity index (χ2v) is 9.54. The smallest absolute Gasteiger partial charge is 0.291 e. The van der Waals surface area contributed by atoms with Crippen molar-refractivity contribution in [3.05, 3.63) is 109 Å². The van der Waals surface area contributed by atoms with Crippen molar-refractivity contribution in [2.45, 2.75) is 6.54 Å². The van der Waals surface area contributed by atoms with Gasteiger partial charge in [-0.05, 0) is 23.8 Å². The molecule has 6 nitrogen and oxygen atoms in total. The third kappa shape index (κ3) is 3.30. The quantitative estimate of drug-likeness (QED) is 0.364. The summed E-state index contributed by atoms with van der Waals surface area (Å²) in [5, 5.41) is 4.42.